The third-order valence-electron chi connectivity index (χ3n) is 6.54. The molecule has 5 nitrogen and oxygen atoms in total. The predicted octanol–water partition coefficient (Wildman–Crippen LogP) is 5.56. The molecule has 1 heterocycles. The lowest BCUT2D eigenvalue weighted by atomic mass is 9.89. The number of carbonyl (C=O) groups is 1. The van der Waals surface area contributed by atoms with Gasteiger partial charge in [0.05, 0.1) is 10.5 Å². The molecule has 4 aromatic rings. The van der Waals surface area contributed by atoms with E-state index in [1.165, 1.54) is 6.26 Å². The number of sulfone groups is 1. The monoisotopic (exact) mass is 494 g/mol. The van der Waals surface area contributed by atoms with Crippen LogP contribution >= 0.6 is 0 Å². The van der Waals surface area contributed by atoms with Gasteiger partial charge in [-0.1, -0.05) is 79.4 Å². The molecule has 0 radical (unpaired) electrons. The van der Waals surface area contributed by atoms with Crippen molar-refractivity contribution in [3.8, 4) is 22.3 Å². The van der Waals surface area contributed by atoms with Crippen molar-refractivity contribution in [2.24, 2.45) is 5.73 Å². The number of benzene rings is 4. The maximum absolute atomic E-state index is 13.7. The van der Waals surface area contributed by atoms with Crippen LogP contribution in [0.25, 0.3) is 28.0 Å². The van der Waals surface area contributed by atoms with Gasteiger partial charge in [0, 0.05) is 29.7 Å². The Kier molecular flexibility index (Phi) is 5.98. The van der Waals surface area contributed by atoms with Crippen LogP contribution in [0.1, 0.15) is 21.5 Å². The first-order chi connectivity index (χ1) is 17.2. The topological polar surface area (TPSA) is 80.5 Å². The van der Waals surface area contributed by atoms with Crippen LogP contribution in [0.2, 0.25) is 0 Å². The van der Waals surface area contributed by atoms with Crippen molar-refractivity contribution in [1.29, 1.82) is 0 Å². The number of fused-ring (bicyclic) bond motifs is 1. The van der Waals surface area contributed by atoms with E-state index in [0.717, 1.165) is 39.9 Å². The lowest BCUT2D eigenvalue weighted by Gasteiger charge is -2.30. The molecule has 180 valence electrons. The van der Waals surface area contributed by atoms with Gasteiger partial charge < -0.3 is 10.6 Å². The van der Waals surface area contributed by atoms with Crippen molar-refractivity contribution in [2.45, 2.75) is 11.3 Å². The first kappa shape index (κ1) is 23.6. The van der Waals surface area contributed by atoms with Gasteiger partial charge >= 0.3 is 0 Å². The largest absolute Gasteiger partial charge is 0.399 e. The van der Waals surface area contributed by atoms with Crippen LogP contribution in [-0.2, 0) is 16.3 Å². The van der Waals surface area contributed by atoms with Gasteiger partial charge in [-0.05, 0) is 52.4 Å². The molecule has 1 amide bonds. The van der Waals surface area contributed by atoms with Crippen molar-refractivity contribution >= 4 is 27.1 Å². The van der Waals surface area contributed by atoms with Crippen LogP contribution in [0, 0.1) is 0 Å². The highest BCUT2D eigenvalue weighted by atomic mass is 32.2. The number of nitrogens with two attached hydrogens (primary N) is 1. The molecular weight excluding hydrogens is 468 g/mol. The lowest BCUT2D eigenvalue weighted by molar-refractivity contribution is 0.0981. The molecule has 0 saturated heterocycles. The fraction of sp³-hybridized carbons (Fsp3) is 0.100. The summed E-state index contributed by atoms with van der Waals surface area (Å²) < 4.78 is 24.5. The Morgan fingerprint density at radius 1 is 0.861 bits per heavy atom. The van der Waals surface area contributed by atoms with E-state index in [1.807, 2.05) is 72.8 Å². The molecule has 0 fully saturated rings. The highest BCUT2D eigenvalue weighted by Crippen LogP contribution is 2.35. The maximum Gasteiger partial charge on any atom is 0.259 e. The average Bonchev–Trinajstić information content (AvgIpc) is 2.88. The van der Waals surface area contributed by atoms with Gasteiger partial charge in [-0.2, -0.15) is 0 Å². The van der Waals surface area contributed by atoms with E-state index in [1.54, 1.807) is 23.1 Å². The molecule has 0 unspecified atom stereocenters. The average molecular weight is 495 g/mol. The van der Waals surface area contributed by atoms with E-state index in [2.05, 4.69) is 6.58 Å². The maximum atomic E-state index is 13.7. The van der Waals surface area contributed by atoms with Crippen LogP contribution in [0.3, 0.4) is 0 Å². The van der Waals surface area contributed by atoms with Crippen molar-refractivity contribution in [2.75, 3.05) is 17.7 Å². The minimum Gasteiger partial charge on any atom is -0.399 e. The predicted molar refractivity (Wildman–Crippen MR) is 145 cm³/mol. The quantitative estimate of drug-likeness (QED) is 0.394. The number of amides is 1. The van der Waals surface area contributed by atoms with Gasteiger partial charge in [0.25, 0.3) is 5.91 Å². The Balaban J connectivity index is 1.54. The van der Waals surface area contributed by atoms with Crippen LogP contribution < -0.4 is 10.6 Å². The second-order valence-electron chi connectivity index (χ2n) is 8.97. The normalized spacial score (nSPS) is 13.4. The van der Waals surface area contributed by atoms with Crippen molar-refractivity contribution < 1.29 is 13.2 Å². The number of carbonyl (C=O) groups excluding carboxylic acids is 1. The van der Waals surface area contributed by atoms with E-state index in [9.17, 15) is 13.2 Å². The summed E-state index contributed by atoms with van der Waals surface area (Å²) in [6.07, 6.45) is 1.95. The number of anilines is 1. The highest BCUT2D eigenvalue weighted by Gasteiger charge is 2.28. The van der Waals surface area contributed by atoms with E-state index in [-0.39, 0.29) is 5.91 Å². The fourth-order valence-corrected chi connectivity index (χ4v) is 5.66. The van der Waals surface area contributed by atoms with Gasteiger partial charge in [0.1, 0.15) is 0 Å². The smallest absolute Gasteiger partial charge is 0.259 e. The lowest BCUT2D eigenvalue weighted by Crippen LogP contribution is -2.38. The van der Waals surface area contributed by atoms with Crippen LogP contribution in [0.15, 0.2) is 102 Å². The molecule has 0 aromatic heterocycles. The minimum atomic E-state index is -3.37. The standard InChI is InChI=1S/C30H26N2O3S/c1-20(31)24-8-5-9-25(19-24)32-18-17-23-7-6-11-27(29(23)30(32)33)22-15-13-21(14-16-22)26-10-3-4-12-28(26)36(2,34)35/h3-16,19H,1,17-18,31H2,2H3. The molecule has 1 aliphatic rings. The van der Waals surface area contributed by atoms with E-state index in [0.29, 0.717) is 28.3 Å². The Morgan fingerprint density at radius 3 is 2.19 bits per heavy atom. The zero-order chi connectivity index (χ0) is 25.4. The first-order valence-corrected chi connectivity index (χ1v) is 13.5. The minimum absolute atomic E-state index is 0.0573. The molecule has 0 aliphatic carbocycles. The first-order valence-electron chi connectivity index (χ1n) is 11.6. The second kappa shape index (κ2) is 9.13. The summed E-state index contributed by atoms with van der Waals surface area (Å²) in [5.74, 6) is -0.0573. The molecule has 5 rings (SSSR count). The summed E-state index contributed by atoms with van der Waals surface area (Å²) in [6.45, 7) is 4.39. The highest BCUT2D eigenvalue weighted by molar-refractivity contribution is 7.90. The molecule has 36 heavy (non-hydrogen) atoms. The third-order valence-corrected chi connectivity index (χ3v) is 7.69. The van der Waals surface area contributed by atoms with E-state index >= 15 is 0 Å². The number of nitrogens with zero attached hydrogens (tertiary/aromatic N) is 1. The summed E-state index contributed by atoms with van der Waals surface area (Å²) in [6, 6.07) is 28.2. The molecular formula is C30H26N2O3S. The third kappa shape index (κ3) is 4.32. The molecule has 1 aliphatic heterocycles. The Labute approximate surface area is 211 Å². The second-order valence-corrected chi connectivity index (χ2v) is 11.0. The van der Waals surface area contributed by atoms with Crippen LogP contribution in [-0.4, -0.2) is 27.1 Å². The number of hydrogen-bond donors (Lipinski definition) is 1. The summed E-state index contributed by atoms with van der Waals surface area (Å²) >= 11 is 0. The van der Waals surface area contributed by atoms with Crippen LogP contribution in [0.5, 0.6) is 0 Å². The summed E-state index contributed by atoms with van der Waals surface area (Å²) in [5, 5.41) is 0. The molecule has 6 heteroatoms. The van der Waals surface area contributed by atoms with Gasteiger partial charge in [0.2, 0.25) is 0 Å². The summed E-state index contributed by atoms with van der Waals surface area (Å²) in [4.78, 5) is 15.8. The van der Waals surface area contributed by atoms with Gasteiger partial charge in [0.15, 0.2) is 9.84 Å². The van der Waals surface area contributed by atoms with Crippen LogP contribution in [0.4, 0.5) is 5.69 Å². The van der Waals surface area contributed by atoms with Gasteiger partial charge in [-0.15, -0.1) is 0 Å². The van der Waals surface area contributed by atoms with Gasteiger partial charge in [-0.3, -0.25) is 4.79 Å². The molecule has 0 spiro atoms. The number of hydrogen-bond acceptors (Lipinski definition) is 4. The Hall–Kier alpha value is -4.16. The Bertz CT molecular complexity index is 1610. The van der Waals surface area contributed by atoms with E-state index < -0.39 is 9.84 Å². The molecule has 0 bridgehead atoms. The van der Waals surface area contributed by atoms with Gasteiger partial charge in [-0.25, -0.2) is 8.42 Å². The molecule has 4 aromatic carbocycles. The molecule has 0 atom stereocenters. The van der Waals surface area contributed by atoms with Crippen molar-refractivity contribution in [3.05, 3.63) is 114 Å². The zero-order valence-electron chi connectivity index (χ0n) is 19.9. The van der Waals surface area contributed by atoms with Crippen molar-refractivity contribution in [3.63, 3.8) is 0 Å². The fourth-order valence-electron chi connectivity index (χ4n) is 4.75. The molecule has 2 N–H and O–H groups in total. The zero-order valence-corrected chi connectivity index (χ0v) is 20.8. The van der Waals surface area contributed by atoms with E-state index in [4.69, 9.17) is 5.73 Å². The van der Waals surface area contributed by atoms with Crippen molar-refractivity contribution in [1.82, 2.24) is 0 Å². The molecule has 0 saturated carbocycles. The SMILES string of the molecule is C=C(N)c1cccc(N2CCc3cccc(-c4ccc(-c5ccccc5S(C)(=O)=O)cc4)c3C2=O)c1. The Morgan fingerprint density at radius 2 is 1.50 bits per heavy atom. The summed E-state index contributed by atoms with van der Waals surface area (Å²) in [7, 11) is -3.37. The number of rotatable bonds is 5. The summed E-state index contributed by atoms with van der Waals surface area (Å²) in [5.41, 5.74) is 12.8.